The first-order valence-corrected chi connectivity index (χ1v) is 12.6. The lowest BCUT2D eigenvalue weighted by atomic mass is 10.1. The molecule has 1 unspecified atom stereocenters. The highest BCUT2D eigenvalue weighted by molar-refractivity contribution is 7.13. The topological polar surface area (TPSA) is 126 Å². The Morgan fingerprint density at radius 2 is 1.87 bits per heavy atom. The lowest BCUT2D eigenvalue weighted by Crippen LogP contribution is -2.31. The Hall–Kier alpha value is -4.38. The maximum atomic E-state index is 13.4. The van der Waals surface area contributed by atoms with Crippen LogP contribution in [0.1, 0.15) is 19.5 Å². The Labute approximate surface area is 222 Å². The van der Waals surface area contributed by atoms with E-state index >= 15 is 0 Å². The summed E-state index contributed by atoms with van der Waals surface area (Å²) in [5, 5.41) is 4.91. The molecule has 2 heterocycles. The normalized spacial score (nSPS) is 11.6. The highest BCUT2D eigenvalue weighted by Gasteiger charge is 2.24. The Morgan fingerprint density at radius 3 is 2.61 bits per heavy atom. The van der Waals surface area contributed by atoms with Gasteiger partial charge in [0, 0.05) is 10.9 Å². The number of nitrogens with zero attached hydrogens (tertiary/aromatic N) is 1. The van der Waals surface area contributed by atoms with Crippen LogP contribution in [0.5, 0.6) is 17.2 Å². The second kappa shape index (κ2) is 11.8. The molecule has 38 heavy (non-hydrogen) atoms. The number of carbonyl (C=O) groups is 2. The van der Waals surface area contributed by atoms with Gasteiger partial charge in [-0.1, -0.05) is 12.1 Å². The Bertz CT molecular complexity index is 1530. The summed E-state index contributed by atoms with van der Waals surface area (Å²) < 4.78 is 27.6. The zero-order valence-electron chi connectivity index (χ0n) is 21.2. The molecule has 0 bridgehead atoms. The zero-order chi connectivity index (χ0) is 27.2. The van der Waals surface area contributed by atoms with E-state index in [0.29, 0.717) is 33.7 Å². The van der Waals surface area contributed by atoms with Crippen LogP contribution in [-0.2, 0) is 20.7 Å². The van der Waals surface area contributed by atoms with Gasteiger partial charge in [0.1, 0.15) is 5.58 Å². The molecule has 0 spiro atoms. The fourth-order valence-corrected chi connectivity index (χ4v) is 4.36. The van der Waals surface area contributed by atoms with Gasteiger partial charge in [-0.05, 0) is 44.2 Å². The molecular weight excluding hydrogens is 512 g/mol. The van der Waals surface area contributed by atoms with Crippen LogP contribution >= 0.6 is 11.3 Å². The Morgan fingerprint density at radius 1 is 1.11 bits per heavy atom. The van der Waals surface area contributed by atoms with Crippen LogP contribution in [0.2, 0.25) is 0 Å². The number of rotatable bonds is 10. The van der Waals surface area contributed by atoms with Crippen molar-refractivity contribution in [3.63, 3.8) is 0 Å². The Kier molecular flexibility index (Phi) is 8.27. The van der Waals surface area contributed by atoms with Crippen molar-refractivity contribution in [1.29, 1.82) is 0 Å². The van der Waals surface area contributed by atoms with Gasteiger partial charge < -0.3 is 23.4 Å². The SMILES string of the molecule is CCOC(=O)Cc1csc(NC(=O)C(C)Oc2c(-c3ccc(OC)c(OC)c3)oc3ccccc3c2=O)n1. The third-order valence-electron chi connectivity index (χ3n) is 5.48. The monoisotopic (exact) mass is 538 g/mol. The van der Waals surface area contributed by atoms with Crippen LogP contribution in [0.15, 0.2) is 57.1 Å². The van der Waals surface area contributed by atoms with Gasteiger partial charge >= 0.3 is 5.97 Å². The quantitative estimate of drug-likeness (QED) is 0.292. The van der Waals surface area contributed by atoms with E-state index in [1.54, 1.807) is 54.8 Å². The molecule has 0 saturated carbocycles. The first-order valence-electron chi connectivity index (χ1n) is 11.7. The number of carbonyl (C=O) groups excluding carboxylic acids is 2. The number of methoxy groups -OCH3 is 2. The summed E-state index contributed by atoms with van der Waals surface area (Å²) in [6.07, 6.45) is -1.09. The van der Waals surface area contributed by atoms with Gasteiger partial charge in [0.05, 0.1) is 38.3 Å². The number of amides is 1. The molecule has 2 aromatic carbocycles. The second-order valence-electron chi connectivity index (χ2n) is 8.03. The first-order chi connectivity index (χ1) is 18.3. The van der Waals surface area contributed by atoms with Crippen molar-refractivity contribution in [3.8, 4) is 28.6 Å². The standard InChI is InChI=1S/C27H26N2O8S/c1-5-35-22(30)13-17-14-38-27(28-17)29-26(32)15(2)36-25-23(31)18-8-6-7-9-19(18)37-24(25)16-10-11-20(33-3)21(12-16)34-4/h6-12,14-15H,5,13H2,1-4H3,(H,28,29,32). The van der Waals surface area contributed by atoms with Crippen LogP contribution in [0.25, 0.3) is 22.3 Å². The van der Waals surface area contributed by atoms with Crippen LogP contribution in [0.3, 0.4) is 0 Å². The van der Waals surface area contributed by atoms with Crippen molar-refractivity contribution in [3.05, 3.63) is 63.8 Å². The predicted octanol–water partition coefficient (Wildman–Crippen LogP) is 4.45. The van der Waals surface area contributed by atoms with E-state index in [4.69, 9.17) is 23.4 Å². The van der Waals surface area contributed by atoms with Gasteiger partial charge in [0.25, 0.3) is 5.91 Å². The minimum atomic E-state index is -1.09. The van der Waals surface area contributed by atoms with E-state index < -0.39 is 23.4 Å². The van der Waals surface area contributed by atoms with E-state index in [1.807, 2.05) is 0 Å². The number of hydrogen-bond donors (Lipinski definition) is 1. The average molecular weight is 539 g/mol. The maximum absolute atomic E-state index is 13.4. The molecule has 10 nitrogen and oxygen atoms in total. The fraction of sp³-hybridized carbons (Fsp3) is 0.259. The molecule has 1 N–H and O–H groups in total. The molecule has 11 heteroatoms. The summed E-state index contributed by atoms with van der Waals surface area (Å²) in [6, 6.07) is 11.8. The number of ether oxygens (including phenoxy) is 4. The van der Waals surface area contributed by atoms with E-state index in [0.717, 1.165) is 11.3 Å². The van der Waals surface area contributed by atoms with Crippen LogP contribution in [0, 0.1) is 0 Å². The second-order valence-corrected chi connectivity index (χ2v) is 8.89. The molecule has 0 aliphatic carbocycles. The molecular formula is C27H26N2O8S. The lowest BCUT2D eigenvalue weighted by molar-refractivity contribution is -0.142. The van der Waals surface area contributed by atoms with E-state index in [1.165, 1.54) is 21.1 Å². The molecule has 1 amide bonds. The summed E-state index contributed by atoms with van der Waals surface area (Å²) in [5.74, 6) is 0.00672. The summed E-state index contributed by atoms with van der Waals surface area (Å²) >= 11 is 1.16. The molecule has 4 aromatic rings. The third-order valence-corrected chi connectivity index (χ3v) is 6.28. The minimum absolute atomic E-state index is 0.000909. The number of nitrogens with one attached hydrogen (secondary N) is 1. The van der Waals surface area contributed by atoms with E-state index in [-0.39, 0.29) is 29.7 Å². The number of hydrogen-bond acceptors (Lipinski definition) is 10. The highest BCUT2D eigenvalue weighted by Crippen LogP contribution is 2.37. The number of benzene rings is 2. The van der Waals surface area contributed by atoms with Crippen molar-refractivity contribution in [1.82, 2.24) is 4.98 Å². The highest BCUT2D eigenvalue weighted by atomic mass is 32.1. The Balaban J connectivity index is 1.63. The largest absolute Gasteiger partial charge is 0.493 e. The average Bonchev–Trinajstić information content (AvgIpc) is 3.35. The molecule has 0 aliphatic heterocycles. The van der Waals surface area contributed by atoms with Gasteiger partial charge in [0.2, 0.25) is 11.2 Å². The van der Waals surface area contributed by atoms with Crippen LogP contribution in [-0.4, -0.2) is 43.8 Å². The van der Waals surface area contributed by atoms with Crippen molar-refractivity contribution < 1.29 is 33.0 Å². The van der Waals surface area contributed by atoms with E-state index in [9.17, 15) is 14.4 Å². The fourth-order valence-electron chi connectivity index (χ4n) is 3.64. The molecule has 4 rings (SSSR count). The summed E-state index contributed by atoms with van der Waals surface area (Å²) in [4.78, 5) is 42.3. The predicted molar refractivity (Wildman–Crippen MR) is 142 cm³/mol. The minimum Gasteiger partial charge on any atom is -0.493 e. The number of thiazole rings is 1. The number of anilines is 1. The van der Waals surface area contributed by atoms with Gasteiger partial charge in [-0.15, -0.1) is 11.3 Å². The van der Waals surface area contributed by atoms with Crippen molar-refractivity contribution in [2.45, 2.75) is 26.4 Å². The van der Waals surface area contributed by atoms with Gasteiger partial charge in [-0.25, -0.2) is 4.98 Å². The van der Waals surface area contributed by atoms with E-state index in [2.05, 4.69) is 10.3 Å². The van der Waals surface area contributed by atoms with Crippen LogP contribution in [0.4, 0.5) is 5.13 Å². The van der Waals surface area contributed by atoms with Crippen molar-refractivity contribution >= 4 is 39.3 Å². The summed E-state index contributed by atoms with van der Waals surface area (Å²) in [5.41, 5.74) is 0.908. The van der Waals surface area contributed by atoms with Gasteiger partial charge in [0.15, 0.2) is 28.5 Å². The molecule has 1 atom stereocenters. The molecule has 0 aliphatic rings. The smallest absolute Gasteiger partial charge is 0.311 e. The number of fused-ring (bicyclic) bond motifs is 1. The number of esters is 1. The molecule has 0 fully saturated rings. The number of para-hydroxylation sites is 1. The maximum Gasteiger partial charge on any atom is 0.311 e. The molecule has 0 saturated heterocycles. The van der Waals surface area contributed by atoms with Gasteiger partial charge in [-0.3, -0.25) is 19.7 Å². The van der Waals surface area contributed by atoms with Crippen molar-refractivity contribution in [2.24, 2.45) is 0 Å². The van der Waals surface area contributed by atoms with Gasteiger partial charge in [-0.2, -0.15) is 0 Å². The summed E-state index contributed by atoms with van der Waals surface area (Å²) in [7, 11) is 3.02. The zero-order valence-corrected chi connectivity index (χ0v) is 22.0. The number of aromatic nitrogens is 1. The summed E-state index contributed by atoms with van der Waals surface area (Å²) in [6.45, 7) is 3.50. The molecule has 198 valence electrons. The molecule has 2 aromatic heterocycles. The first kappa shape index (κ1) is 26.7. The third kappa shape index (κ3) is 5.78. The molecule has 0 radical (unpaired) electrons. The van der Waals surface area contributed by atoms with Crippen molar-refractivity contribution in [2.75, 3.05) is 26.1 Å². The lowest BCUT2D eigenvalue weighted by Gasteiger charge is -2.17. The van der Waals surface area contributed by atoms with Crippen LogP contribution < -0.4 is 25.0 Å².